The maximum absolute atomic E-state index is 13.4. The third kappa shape index (κ3) is 7.15. The van der Waals surface area contributed by atoms with Gasteiger partial charge in [0.05, 0.1) is 16.4 Å². The first-order chi connectivity index (χ1) is 24.7. The van der Waals surface area contributed by atoms with Crippen LogP contribution in [0.4, 0.5) is 17.1 Å². The van der Waals surface area contributed by atoms with Gasteiger partial charge in [-0.25, -0.2) is 21.7 Å². The molecular formula is C37H31Cl2N5O6S2. The average Bonchev–Trinajstić information content (AvgIpc) is 3.77. The number of H-pyrrole nitrogens is 2. The molecule has 0 saturated heterocycles. The van der Waals surface area contributed by atoms with E-state index < -0.39 is 19.1 Å². The van der Waals surface area contributed by atoms with Crippen LogP contribution in [0.15, 0.2) is 105 Å². The Morgan fingerprint density at radius 1 is 0.750 bits per heavy atom. The van der Waals surface area contributed by atoms with E-state index in [-0.39, 0.29) is 20.9 Å². The van der Waals surface area contributed by atoms with Gasteiger partial charge >= 0.3 is 0 Å². The molecule has 3 N–H and O–H groups in total. The second-order valence-electron chi connectivity index (χ2n) is 12.1. The SMILES string of the molecule is Cc1cc(Cl)cc2c1CCN2.O=c1[nH]ccc2c(S(=O)(=O)Cl)cccc12.[C-]#[N+]c1cc(C)c2c(c1)N(S(=O)(=O)c1cccc3c(=O)[nH]ccc13)CC2. The van der Waals surface area contributed by atoms with Gasteiger partial charge in [0, 0.05) is 74.1 Å². The number of halogens is 2. The smallest absolute Gasteiger partial charge is 0.264 e. The first-order valence-electron chi connectivity index (χ1n) is 15.9. The van der Waals surface area contributed by atoms with E-state index in [1.165, 1.54) is 57.8 Å². The monoisotopic (exact) mass is 775 g/mol. The van der Waals surface area contributed by atoms with Crippen molar-refractivity contribution in [2.24, 2.45) is 0 Å². The minimum atomic E-state index is -3.86. The zero-order valence-corrected chi connectivity index (χ0v) is 31.0. The van der Waals surface area contributed by atoms with E-state index in [9.17, 15) is 26.4 Å². The molecule has 2 aliphatic heterocycles. The lowest BCUT2D eigenvalue weighted by molar-refractivity contribution is 0.593. The Morgan fingerprint density at radius 2 is 1.35 bits per heavy atom. The van der Waals surface area contributed by atoms with Crippen LogP contribution in [0.5, 0.6) is 0 Å². The Morgan fingerprint density at radius 3 is 1.96 bits per heavy atom. The minimum absolute atomic E-state index is 0.0484. The molecule has 266 valence electrons. The summed E-state index contributed by atoms with van der Waals surface area (Å²) < 4.78 is 50.5. The van der Waals surface area contributed by atoms with Gasteiger partial charge in [-0.15, -0.1) is 0 Å². The predicted molar refractivity (Wildman–Crippen MR) is 206 cm³/mol. The number of nitrogens with zero attached hydrogens (tertiary/aromatic N) is 2. The summed E-state index contributed by atoms with van der Waals surface area (Å²) in [5, 5.41) is 5.49. The van der Waals surface area contributed by atoms with Gasteiger partial charge in [-0.1, -0.05) is 35.4 Å². The minimum Gasteiger partial charge on any atom is -0.384 e. The number of aromatic nitrogens is 2. The van der Waals surface area contributed by atoms with E-state index in [0.29, 0.717) is 45.9 Å². The lowest BCUT2D eigenvalue weighted by atomic mass is 10.1. The fourth-order valence-electron chi connectivity index (χ4n) is 6.50. The number of pyridine rings is 2. The Bertz CT molecular complexity index is 2780. The lowest BCUT2D eigenvalue weighted by Crippen LogP contribution is -2.29. The molecule has 0 bridgehead atoms. The van der Waals surface area contributed by atoms with Gasteiger partial charge in [-0.2, -0.15) is 0 Å². The number of nitrogens with one attached hydrogen (secondary N) is 3. The molecule has 4 heterocycles. The maximum atomic E-state index is 13.4. The third-order valence-corrected chi connectivity index (χ3v) is 12.4. The summed E-state index contributed by atoms with van der Waals surface area (Å²) in [6.45, 7) is 12.6. The lowest BCUT2D eigenvalue weighted by Gasteiger charge is -2.21. The Kier molecular flexibility index (Phi) is 10.2. The van der Waals surface area contributed by atoms with Crippen molar-refractivity contribution in [3.8, 4) is 0 Å². The molecule has 0 amide bonds. The molecule has 0 radical (unpaired) electrons. The van der Waals surface area contributed by atoms with Crippen LogP contribution in [0, 0.1) is 20.4 Å². The molecule has 52 heavy (non-hydrogen) atoms. The van der Waals surface area contributed by atoms with E-state index >= 15 is 0 Å². The number of aromatic amines is 2. The van der Waals surface area contributed by atoms with E-state index in [1.54, 1.807) is 36.4 Å². The molecule has 8 rings (SSSR count). The molecule has 2 aromatic heterocycles. The van der Waals surface area contributed by atoms with Gasteiger partial charge in [0.1, 0.15) is 0 Å². The molecule has 0 saturated carbocycles. The zero-order valence-electron chi connectivity index (χ0n) is 27.8. The van der Waals surface area contributed by atoms with Crippen molar-refractivity contribution < 1.29 is 16.8 Å². The van der Waals surface area contributed by atoms with Crippen molar-refractivity contribution in [2.75, 3.05) is 22.7 Å². The zero-order chi connectivity index (χ0) is 37.4. The summed E-state index contributed by atoms with van der Waals surface area (Å²) in [6, 6.07) is 19.6. The fourth-order valence-corrected chi connectivity index (χ4v) is 9.56. The van der Waals surface area contributed by atoms with Crippen LogP contribution in [0.3, 0.4) is 0 Å². The van der Waals surface area contributed by atoms with Crippen molar-refractivity contribution in [2.45, 2.75) is 36.5 Å². The topological polar surface area (TPSA) is 154 Å². The van der Waals surface area contributed by atoms with Crippen LogP contribution in [-0.4, -0.2) is 39.9 Å². The molecular weight excluding hydrogens is 745 g/mol. The molecule has 0 aliphatic carbocycles. The molecule has 0 fully saturated rings. The molecule has 6 aromatic rings. The van der Waals surface area contributed by atoms with Gasteiger partial charge in [0.15, 0.2) is 5.69 Å². The number of rotatable bonds is 3. The van der Waals surface area contributed by atoms with Gasteiger partial charge in [0.25, 0.3) is 30.2 Å². The highest BCUT2D eigenvalue weighted by Crippen LogP contribution is 2.39. The molecule has 11 nitrogen and oxygen atoms in total. The second-order valence-corrected chi connectivity index (χ2v) is 16.9. The highest BCUT2D eigenvalue weighted by Gasteiger charge is 2.33. The largest absolute Gasteiger partial charge is 0.384 e. The van der Waals surface area contributed by atoms with E-state index in [0.717, 1.165) is 29.1 Å². The predicted octanol–water partition coefficient (Wildman–Crippen LogP) is 7.21. The quantitative estimate of drug-likeness (QED) is 0.127. The second kappa shape index (κ2) is 14.5. The first-order valence-corrected chi connectivity index (χ1v) is 20.1. The van der Waals surface area contributed by atoms with Crippen LogP contribution in [0.25, 0.3) is 26.4 Å². The molecule has 0 atom stereocenters. The van der Waals surface area contributed by atoms with Gasteiger partial charge in [-0.3, -0.25) is 13.9 Å². The normalized spacial score (nSPS) is 13.2. The van der Waals surface area contributed by atoms with Crippen LogP contribution in [0.2, 0.25) is 5.02 Å². The van der Waals surface area contributed by atoms with Gasteiger partial charge < -0.3 is 15.3 Å². The third-order valence-electron chi connectivity index (χ3n) is 8.91. The molecule has 2 aliphatic rings. The van der Waals surface area contributed by atoms with Crippen molar-refractivity contribution in [3.05, 3.63) is 145 Å². The van der Waals surface area contributed by atoms with E-state index in [1.807, 2.05) is 19.1 Å². The average molecular weight is 777 g/mol. The van der Waals surface area contributed by atoms with Crippen molar-refractivity contribution in [1.29, 1.82) is 0 Å². The summed E-state index contributed by atoms with van der Waals surface area (Å²) in [4.78, 5) is 31.9. The van der Waals surface area contributed by atoms with Crippen LogP contribution in [0.1, 0.15) is 22.3 Å². The fraction of sp³-hybridized carbons (Fsp3) is 0.162. The number of hydrogen-bond donors (Lipinski definition) is 3. The van der Waals surface area contributed by atoms with Gasteiger partial charge in [0.2, 0.25) is 0 Å². The van der Waals surface area contributed by atoms with Crippen molar-refractivity contribution >= 4 is 80.0 Å². The molecule has 0 unspecified atom stereocenters. The number of fused-ring (bicyclic) bond motifs is 4. The molecule has 4 aromatic carbocycles. The highest BCUT2D eigenvalue weighted by molar-refractivity contribution is 8.14. The standard InChI is InChI=1S/C19H15N3O3S.C9H6ClNO3S.C9H10ClN/c1-12-10-13(20-2)11-17-14(12)7-9-22(17)26(24,25)18-5-3-4-16-15(18)6-8-21-19(16)23;10-15(13,14)8-3-1-2-7-6(8)4-5-11-9(7)12;1-6-4-7(10)5-9-8(6)2-3-11-9/h3-6,8,10-11H,7,9H2,1H3,(H,21,23);1-5H,(H,11,12);4-5,11H,2-3H2,1H3. The summed E-state index contributed by atoms with van der Waals surface area (Å²) in [6.07, 6.45) is 4.57. The highest BCUT2D eigenvalue weighted by atomic mass is 35.7. The molecule has 0 spiro atoms. The number of aryl methyl sites for hydroxylation is 2. The van der Waals surface area contributed by atoms with Crippen molar-refractivity contribution in [1.82, 2.24) is 9.97 Å². The van der Waals surface area contributed by atoms with E-state index in [2.05, 4.69) is 27.1 Å². The summed E-state index contributed by atoms with van der Waals surface area (Å²) in [7, 11) is -2.44. The Balaban J connectivity index is 0.000000150. The number of hydrogen-bond acceptors (Lipinski definition) is 7. The number of anilines is 2. The summed E-state index contributed by atoms with van der Waals surface area (Å²) >= 11 is 5.89. The maximum Gasteiger partial charge on any atom is 0.264 e. The van der Waals surface area contributed by atoms with Crippen molar-refractivity contribution in [3.63, 3.8) is 0 Å². The van der Waals surface area contributed by atoms with E-state index in [4.69, 9.17) is 28.9 Å². The first kappa shape index (κ1) is 36.7. The Labute approximate surface area is 309 Å². The van der Waals surface area contributed by atoms with Gasteiger partial charge in [-0.05, 0) is 98.0 Å². The molecule has 15 heteroatoms. The van der Waals surface area contributed by atoms with Crippen LogP contribution >= 0.6 is 22.3 Å². The summed E-state index contributed by atoms with van der Waals surface area (Å²) in [5.41, 5.74) is 6.11. The summed E-state index contributed by atoms with van der Waals surface area (Å²) in [5.74, 6) is 0. The van der Waals surface area contributed by atoms with Crippen LogP contribution in [-0.2, 0) is 31.9 Å². The number of sulfonamides is 1. The van der Waals surface area contributed by atoms with Crippen LogP contribution < -0.4 is 20.7 Å². The Hall–Kier alpha value is -5.13. The number of benzene rings is 4.